The molecule has 94 valence electrons. The third-order valence-corrected chi connectivity index (χ3v) is 2.70. The van der Waals surface area contributed by atoms with Gasteiger partial charge in [0.25, 0.3) is 0 Å². The molecule has 0 aliphatic heterocycles. The molecule has 0 aliphatic rings. The number of hydrogen-bond donors (Lipinski definition) is 2. The summed E-state index contributed by atoms with van der Waals surface area (Å²) in [6.45, 7) is 4.61. The minimum atomic E-state index is 0.725. The van der Waals surface area contributed by atoms with E-state index in [1.165, 1.54) is 5.56 Å². The van der Waals surface area contributed by atoms with Crippen molar-refractivity contribution in [2.75, 3.05) is 17.7 Å². The van der Waals surface area contributed by atoms with Gasteiger partial charge in [0.15, 0.2) is 0 Å². The van der Waals surface area contributed by atoms with Gasteiger partial charge in [-0.15, -0.1) is 0 Å². The summed E-state index contributed by atoms with van der Waals surface area (Å²) in [4.78, 5) is 12.7. The normalized spacial score (nSPS) is 10.2. The van der Waals surface area contributed by atoms with Gasteiger partial charge in [0.2, 0.25) is 0 Å². The average Bonchev–Trinajstić information content (AvgIpc) is 2.40. The molecule has 0 radical (unpaired) electrons. The second-order valence-electron chi connectivity index (χ2n) is 4.05. The van der Waals surface area contributed by atoms with E-state index >= 15 is 0 Å². The molecule has 2 N–H and O–H groups in total. The molecule has 18 heavy (non-hydrogen) atoms. The lowest BCUT2D eigenvalue weighted by Crippen LogP contribution is -2.08. The van der Waals surface area contributed by atoms with Crippen LogP contribution in [0.4, 0.5) is 11.6 Å². The summed E-state index contributed by atoms with van der Waals surface area (Å²) in [5.74, 6) is 2.48. The van der Waals surface area contributed by atoms with Gasteiger partial charge in [-0.3, -0.25) is 4.98 Å². The minimum Gasteiger partial charge on any atom is -0.373 e. The van der Waals surface area contributed by atoms with Crippen LogP contribution in [0.1, 0.15) is 17.0 Å². The highest BCUT2D eigenvalue weighted by atomic mass is 15.1. The van der Waals surface area contributed by atoms with Crippen LogP contribution in [0.3, 0.4) is 0 Å². The maximum atomic E-state index is 4.42. The van der Waals surface area contributed by atoms with Crippen molar-refractivity contribution in [2.45, 2.75) is 20.4 Å². The average molecular weight is 243 g/mol. The standard InChI is InChI=1S/C13H17N5/c1-9-12(14-3)17-10(2)18-13(9)16-8-11-4-6-15-7-5-11/h4-7H,8H2,1-3H3,(H2,14,16,17,18). The topological polar surface area (TPSA) is 62.7 Å². The highest BCUT2D eigenvalue weighted by Crippen LogP contribution is 2.19. The first-order valence-electron chi connectivity index (χ1n) is 5.86. The maximum absolute atomic E-state index is 4.42. The van der Waals surface area contributed by atoms with E-state index in [2.05, 4.69) is 25.6 Å². The first-order chi connectivity index (χ1) is 8.70. The smallest absolute Gasteiger partial charge is 0.135 e. The van der Waals surface area contributed by atoms with Crippen molar-refractivity contribution in [3.05, 3.63) is 41.5 Å². The number of rotatable bonds is 4. The largest absolute Gasteiger partial charge is 0.373 e. The van der Waals surface area contributed by atoms with E-state index in [0.29, 0.717) is 0 Å². The van der Waals surface area contributed by atoms with E-state index in [9.17, 15) is 0 Å². The summed E-state index contributed by atoms with van der Waals surface area (Å²) in [5.41, 5.74) is 2.20. The molecule has 2 rings (SSSR count). The summed E-state index contributed by atoms with van der Waals surface area (Å²) >= 11 is 0. The van der Waals surface area contributed by atoms with Crippen molar-refractivity contribution < 1.29 is 0 Å². The van der Waals surface area contributed by atoms with Crippen LogP contribution in [0.5, 0.6) is 0 Å². The van der Waals surface area contributed by atoms with Crippen molar-refractivity contribution in [3.8, 4) is 0 Å². The van der Waals surface area contributed by atoms with Gasteiger partial charge < -0.3 is 10.6 Å². The lowest BCUT2D eigenvalue weighted by molar-refractivity contribution is 1.00. The molecule has 0 saturated heterocycles. The van der Waals surface area contributed by atoms with Crippen LogP contribution in [-0.4, -0.2) is 22.0 Å². The second kappa shape index (κ2) is 5.44. The molecule has 0 bridgehead atoms. The third kappa shape index (κ3) is 2.74. The lowest BCUT2D eigenvalue weighted by atomic mass is 10.2. The van der Waals surface area contributed by atoms with E-state index in [1.807, 2.05) is 33.0 Å². The van der Waals surface area contributed by atoms with Gasteiger partial charge in [-0.1, -0.05) is 0 Å². The summed E-state index contributed by atoms with van der Waals surface area (Å²) in [7, 11) is 1.86. The zero-order valence-corrected chi connectivity index (χ0v) is 10.9. The monoisotopic (exact) mass is 243 g/mol. The second-order valence-corrected chi connectivity index (χ2v) is 4.05. The number of nitrogens with zero attached hydrogens (tertiary/aromatic N) is 3. The molecular formula is C13H17N5. The molecular weight excluding hydrogens is 226 g/mol. The SMILES string of the molecule is CNc1nc(C)nc(NCc2ccncc2)c1C. The Hall–Kier alpha value is -2.17. The molecule has 5 heteroatoms. The lowest BCUT2D eigenvalue weighted by Gasteiger charge is -2.12. The number of aromatic nitrogens is 3. The molecule has 2 heterocycles. The molecule has 5 nitrogen and oxygen atoms in total. The molecule has 0 amide bonds. The van der Waals surface area contributed by atoms with E-state index in [-0.39, 0.29) is 0 Å². The number of hydrogen-bond acceptors (Lipinski definition) is 5. The van der Waals surface area contributed by atoms with Crippen LogP contribution >= 0.6 is 0 Å². The Kier molecular flexibility index (Phi) is 3.72. The molecule has 2 aromatic heterocycles. The summed E-state index contributed by atoms with van der Waals surface area (Å²) in [6, 6.07) is 3.96. The van der Waals surface area contributed by atoms with Crippen LogP contribution < -0.4 is 10.6 Å². The molecule has 0 aromatic carbocycles. The van der Waals surface area contributed by atoms with Crippen molar-refractivity contribution >= 4 is 11.6 Å². The Morgan fingerprint density at radius 1 is 1.06 bits per heavy atom. The Bertz CT molecular complexity index is 524. The molecule has 2 aromatic rings. The van der Waals surface area contributed by atoms with Crippen LogP contribution in [0, 0.1) is 13.8 Å². The fourth-order valence-corrected chi connectivity index (χ4v) is 1.73. The molecule has 0 aliphatic carbocycles. The zero-order valence-electron chi connectivity index (χ0n) is 10.9. The first kappa shape index (κ1) is 12.3. The van der Waals surface area contributed by atoms with Crippen molar-refractivity contribution in [1.29, 1.82) is 0 Å². The summed E-state index contributed by atoms with van der Waals surface area (Å²) in [6.07, 6.45) is 3.57. The third-order valence-electron chi connectivity index (χ3n) is 2.70. The summed E-state index contributed by atoms with van der Waals surface area (Å²) in [5, 5.41) is 6.40. The predicted octanol–water partition coefficient (Wildman–Crippen LogP) is 2.14. The van der Waals surface area contributed by atoms with Crippen LogP contribution in [0.25, 0.3) is 0 Å². The van der Waals surface area contributed by atoms with Gasteiger partial charge >= 0.3 is 0 Å². The Balaban J connectivity index is 2.17. The van der Waals surface area contributed by atoms with Crippen molar-refractivity contribution in [2.24, 2.45) is 0 Å². The van der Waals surface area contributed by atoms with E-state index < -0.39 is 0 Å². The van der Waals surface area contributed by atoms with Gasteiger partial charge in [0.1, 0.15) is 17.5 Å². The number of anilines is 2. The molecule has 0 fully saturated rings. The highest BCUT2D eigenvalue weighted by molar-refractivity contribution is 5.57. The van der Waals surface area contributed by atoms with E-state index in [4.69, 9.17) is 0 Å². The fraction of sp³-hybridized carbons (Fsp3) is 0.308. The Labute approximate surface area is 107 Å². The van der Waals surface area contributed by atoms with Crippen LogP contribution in [-0.2, 0) is 6.54 Å². The fourth-order valence-electron chi connectivity index (χ4n) is 1.73. The van der Waals surface area contributed by atoms with E-state index in [1.54, 1.807) is 12.4 Å². The zero-order chi connectivity index (χ0) is 13.0. The quantitative estimate of drug-likeness (QED) is 0.861. The van der Waals surface area contributed by atoms with Gasteiger partial charge in [-0.05, 0) is 31.5 Å². The van der Waals surface area contributed by atoms with Crippen LogP contribution in [0.2, 0.25) is 0 Å². The molecule has 0 saturated carbocycles. The summed E-state index contributed by atoms with van der Waals surface area (Å²) < 4.78 is 0. The Morgan fingerprint density at radius 3 is 2.39 bits per heavy atom. The number of nitrogens with one attached hydrogen (secondary N) is 2. The first-order valence-corrected chi connectivity index (χ1v) is 5.86. The number of aryl methyl sites for hydroxylation is 1. The van der Waals surface area contributed by atoms with Crippen LogP contribution in [0.15, 0.2) is 24.5 Å². The predicted molar refractivity (Wildman–Crippen MR) is 72.6 cm³/mol. The van der Waals surface area contributed by atoms with Crippen molar-refractivity contribution in [1.82, 2.24) is 15.0 Å². The molecule has 0 unspecified atom stereocenters. The molecule has 0 atom stereocenters. The van der Waals surface area contributed by atoms with Crippen molar-refractivity contribution in [3.63, 3.8) is 0 Å². The van der Waals surface area contributed by atoms with Gasteiger partial charge in [0, 0.05) is 31.5 Å². The number of pyridine rings is 1. The van der Waals surface area contributed by atoms with E-state index in [0.717, 1.165) is 29.6 Å². The van der Waals surface area contributed by atoms with Gasteiger partial charge in [-0.2, -0.15) is 0 Å². The minimum absolute atomic E-state index is 0.725. The maximum Gasteiger partial charge on any atom is 0.135 e. The highest BCUT2D eigenvalue weighted by Gasteiger charge is 2.07. The Morgan fingerprint density at radius 2 is 1.72 bits per heavy atom. The van der Waals surface area contributed by atoms with Gasteiger partial charge in [0.05, 0.1) is 0 Å². The van der Waals surface area contributed by atoms with Gasteiger partial charge in [-0.25, -0.2) is 9.97 Å². The molecule has 0 spiro atoms.